The van der Waals surface area contributed by atoms with Crippen LogP contribution in [-0.4, -0.2) is 33.3 Å². The Balaban J connectivity index is 1.54. The highest BCUT2D eigenvalue weighted by Crippen LogP contribution is 2.41. The average Bonchev–Trinajstić information content (AvgIpc) is 3.22. The van der Waals surface area contributed by atoms with Crippen molar-refractivity contribution in [2.24, 2.45) is 0 Å². The third-order valence-corrected chi connectivity index (χ3v) is 6.50. The molecule has 1 aliphatic rings. The van der Waals surface area contributed by atoms with E-state index in [1.807, 2.05) is 61.5 Å². The summed E-state index contributed by atoms with van der Waals surface area (Å²) < 4.78 is 11.5. The van der Waals surface area contributed by atoms with Crippen molar-refractivity contribution in [3.05, 3.63) is 131 Å². The number of ketones is 1. The minimum Gasteiger partial charge on any atom is -0.507 e. The van der Waals surface area contributed by atoms with Gasteiger partial charge >= 0.3 is 0 Å². The number of ether oxygens (including phenoxy) is 2. The summed E-state index contributed by atoms with van der Waals surface area (Å²) in [6.45, 7) is 2.94. The van der Waals surface area contributed by atoms with Gasteiger partial charge in [0.2, 0.25) is 0 Å². The molecule has 0 saturated carbocycles. The summed E-state index contributed by atoms with van der Waals surface area (Å²) in [6, 6.07) is 26.6. The second-order valence-electron chi connectivity index (χ2n) is 9.09. The van der Waals surface area contributed by atoms with Gasteiger partial charge in [0.05, 0.1) is 18.2 Å². The maximum Gasteiger partial charge on any atom is 0.295 e. The third kappa shape index (κ3) is 5.67. The van der Waals surface area contributed by atoms with E-state index in [1.54, 1.807) is 48.8 Å². The number of rotatable bonds is 9. The molecule has 1 aromatic heterocycles. The van der Waals surface area contributed by atoms with Crippen molar-refractivity contribution in [1.29, 1.82) is 0 Å². The summed E-state index contributed by atoms with van der Waals surface area (Å²) in [5.74, 6) is -0.427. The van der Waals surface area contributed by atoms with E-state index < -0.39 is 17.7 Å². The van der Waals surface area contributed by atoms with Crippen LogP contribution >= 0.6 is 0 Å². The second-order valence-corrected chi connectivity index (χ2v) is 9.09. The van der Waals surface area contributed by atoms with Crippen LogP contribution in [0.1, 0.15) is 35.2 Å². The molecule has 1 N–H and O–H groups in total. The van der Waals surface area contributed by atoms with E-state index in [0.717, 1.165) is 11.1 Å². The molecule has 0 aliphatic carbocycles. The first-order valence-corrected chi connectivity index (χ1v) is 12.7. The predicted octanol–water partition coefficient (Wildman–Crippen LogP) is 5.68. The van der Waals surface area contributed by atoms with E-state index in [4.69, 9.17) is 9.47 Å². The van der Waals surface area contributed by atoms with Crippen molar-refractivity contribution in [1.82, 2.24) is 9.88 Å². The van der Waals surface area contributed by atoms with Crippen molar-refractivity contribution in [3.63, 3.8) is 0 Å². The van der Waals surface area contributed by atoms with Crippen LogP contribution in [-0.2, 0) is 22.7 Å². The molecule has 7 nitrogen and oxygen atoms in total. The number of aromatic nitrogens is 1. The number of aliphatic hydroxyl groups is 1. The van der Waals surface area contributed by atoms with Gasteiger partial charge in [-0.2, -0.15) is 0 Å². The summed E-state index contributed by atoms with van der Waals surface area (Å²) in [7, 11) is 0. The number of amides is 1. The van der Waals surface area contributed by atoms with E-state index in [1.165, 1.54) is 4.90 Å². The fraction of sp³-hybridized carbons (Fsp3) is 0.156. The molecule has 0 bridgehead atoms. The monoisotopic (exact) mass is 520 g/mol. The molecule has 1 fully saturated rings. The number of nitrogens with zero attached hydrogens (tertiary/aromatic N) is 2. The van der Waals surface area contributed by atoms with Gasteiger partial charge in [0.25, 0.3) is 11.7 Å². The number of likely N-dealkylation sites (tertiary alicyclic amines) is 1. The Hall–Kier alpha value is -4.91. The van der Waals surface area contributed by atoms with Crippen LogP contribution in [0.4, 0.5) is 0 Å². The zero-order valence-electron chi connectivity index (χ0n) is 21.5. The van der Waals surface area contributed by atoms with E-state index >= 15 is 0 Å². The minimum absolute atomic E-state index is 0.0263. The molecule has 196 valence electrons. The number of carbonyl (C=O) groups is 2. The molecule has 4 aromatic rings. The fourth-order valence-corrected chi connectivity index (χ4v) is 4.62. The van der Waals surface area contributed by atoms with Gasteiger partial charge in [-0.05, 0) is 72.1 Å². The molecular weight excluding hydrogens is 492 g/mol. The first-order chi connectivity index (χ1) is 19.0. The maximum absolute atomic E-state index is 13.4. The standard InChI is InChI=1S/C32H28N2O5/c1-2-38-26-13-11-24(12-14-26)30(35)28-29(34(32(37)31(28)36)20-22-15-17-33-18-16-22)25-9-6-10-27(19-25)39-21-23-7-4-3-5-8-23/h3-19,29,35H,2,20-21H2,1H3/b30-28+. The molecule has 7 heteroatoms. The van der Waals surface area contributed by atoms with Gasteiger partial charge in [-0.25, -0.2) is 0 Å². The molecule has 3 aromatic carbocycles. The lowest BCUT2D eigenvalue weighted by Gasteiger charge is -2.26. The van der Waals surface area contributed by atoms with Crippen LogP contribution in [0.2, 0.25) is 0 Å². The third-order valence-electron chi connectivity index (χ3n) is 6.50. The lowest BCUT2D eigenvalue weighted by atomic mass is 9.95. The van der Waals surface area contributed by atoms with Crippen LogP contribution in [0.25, 0.3) is 5.76 Å². The highest BCUT2D eigenvalue weighted by Gasteiger charge is 2.46. The first kappa shape index (κ1) is 25.7. The summed E-state index contributed by atoms with van der Waals surface area (Å²) in [4.78, 5) is 32.3. The molecular formula is C32H28N2O5. The summed E-state index contributed by atoms with van der Waals surface area (Å²) in [5.41, 5.74) is 2.93. The number of pyridine rings is 1. The van der Waals surface area contributed by atoms with Crippen molar-refractivity contribution in [2.75, 3.05) is 6.61 Å². The molecule has 0 radical (unpaired) electrons. The van der Waals surface area contributed by atoms with Gasteiger partial charge in [-0.15, -0.1) is 0 Å². The number of benzene rings is 3. The molecule has 1 saturated heterocycles. The van der Waals surface area contributed by atoms with Crippen LogP contribution in [0.5, 0.6) is 11.5 Å². The highest BCUT2D eigenvalue weighted by molar-refractivity contribution is 6.46. The Labute approximate surface area is 227 Å². The molecule has 2 heterocycles. The Morgan fingerprint density at radius 1 is 0.846 bits per heavy atom. The number of Topliss-reactive ketones (excluding diaryl/α,β-unsaturated/α-hetero) is 1. The van der Waals surface area contributed by atoms with E-state index in [2.05, 4.69) is 4.98 Å². The van der Waals surface area contributed by atoms with E-state index in [-0.39, 0.29) is 17.9 Å². The van der Waals surface area contributed by atoms with E-state index in [0.29, 0.717) is 35.8 Å². The van der Waals surface area contributed by atoms with Crippen LogP contribution in [0, 0.1) is 0 Å². The van der Waals surface area contributed by atoms with Crippen molar-refractivity contribution in [2.45, 2.75) is 26.1 Å². The normalized spacial score (nSPS) is 16.3. The molecule has 1 aliphatic heterocycles. The topological polar surface area (TPSA) is 89.0 Å². The van der Waals surface area contributed by atoms with Gasteiger partial charge in [-0.1, -0.05) is 42.5 Å². The number of carbonyl (C=O) groups excluding carboxylic acids is 2. The smallest absolute Gasteiger partial charge is 0.295 e. The lowest BCUT2D eigenvalue weighted by Crippen LogP contribution is -2.29. The highest BCUT2D eigenvalue weighted by atomic mass is 16.5. The fourth-order valence-electron chi connectivity index (χ4n) is 4.62. The molecule has 1 unspecified atom stereocenters. The van der Waals surface area contributed by atoms with Crippen molar-refractivity contribution < 1.29 is 24.2 Å². The van der Waals surface area contributed by atoms with E-state index in [9.17, 15) is 14.7 Å². The number of aliphatic hydroxyl groups excluding tert-OH is 1. The Morgan fingerprint density at radius 2 is 1.59 bits per heavy atom. The van der Waals surface area contributed by atoms with Gasteiger partial charge < -0.3 is 19.5 Å². The maximum atomic E-state index is 13.4. The first-order valence-electron chi connectivity index (χ1n) is 12.7. The van der Waals surface area contributed by atoms with Crippen LogP contribution in [0.3, 0.4) is 0 Å². The predicted molar refractivity (Wildman–Crippen MR) is 147 cm³/mol. The minimum atomic E-state index is -0.815. The molecule has 5 rings (SSSR count). The second kappa shape index (κ2) is 11.6. The van der Waals surface area contributed by atoms with Crippen LogP contribution in [0.15, 0.2) is 109 Å². The SMILES string of the molecule is CCOc1ccc(/C(O)=C2\C(=O)C(=O)N(Cc3ccncc3)C2c2cccc(OCc3ccccc3)c2)cc1. The summed E-state index contributed by atoms with van der Waals surface area (Å²) >= 11 is 0. The van der Waals surface area contributed by atoms with Gasteiger partial charge in [0.15, 0.2) is 0 Å². The zero-order valence-corrected chi connectivity index (χ0v) is 21.5. The largest absolute Gasteiger partial charge is 0.507 e. The summed E-state index contributed by atoms with van der Waals surface area (Å²) in [5, 5.41) is 11.4. The average molecular weight is 521 g/mol. The molecule has 39 heavy (non-hydrogen) atoms. The zero-order chi connectivity index (χ0) is 27.2. The van der Waals surface area contributed by atoms with Crippen molar-refractivity contribution >= 4 is 17.4 Å². The van der Waals surface area contributed by atoms with Crippen LogP contribution < -0.4 is 9.47 Å². The lowest BCUT2D eigenvalue weighted by molar-refractivity contribution is -0.140. The Morgan fingerprint density at radius 3 is 2.31 bits per heavy atom. The van der Waals surface area contributed by atoms with Gasteiger partial charge in [0, 0.05) is 24.5 Å². The summed E-state index contributed by atoms with van der Waals surface area (Å²) in [6.07, 6.45) is 3.28. The van der Waals surface area contributed by atoms with Crippen molar-refractivity contribution in [3.8, 4) is 11.5 Å². The van der Waals surface area contributed by atoms with Gasteiger partial charge in [0.1, 0.15) is 23.9 Å². The van der Waals surface area contributed by atoms with Gasteiger partial charge in [-0.3, -0.25) is 14.6 Å². The molecule has 1 atom stereocenters. The molecule has 0 spiro atoms. The molecule has 1 amide bonds. The number of hydrogen-bond donors (Lipinski definition) is 1. The quantitative estimate of drug-likeness (QED) is 0.174. The Kier molecular flexibility index (Phi) is 7.68. The Bertz CT molecular complexity index is 1480. The number of hydrogen-bond acceptors (Lipinski definition) is 6.